The molecule has 0 bridgehead atoms. The average Bonchev–Trinajstić information content (AvgIpc) is 3.10. The molecule has 0 radical (unpaired) electrons. The van der Waals surface area contributed by atoms with E-state index in [0.717, 1.165) is 62.7 Å². The van der Waals surface area contributed by atoms with Crippen LogP contribution in [0.25, 0.3) is 0 Å². The Morgan fingerprint density at radius 2 is 1.04 bits per heavy atom. The molecular weight excluding hydrogens is 725 g/mol. The highest BCUT2D eigenvalue weighted by Gasteiger charge is 2.26. The Labute approximate surface area is 343 Å². The minimum atomic E-state index is -4.56. The monoisotopic (exact) mass is 810 g/mol. The second-order valence-corrected chi connectivity index (χ2v) is 18.4. The topological polar surface area (TPSA) is 138 Å². The molecule has 9 nitrogen and oxygen atoms in total. The maximum absolute atomic E-state index is 12.4. The minimum absolute atomic E-state index is 0.133. The molecule has 0 saturated carbocycles. The second kappa shape index (κ2) is 33.0. The van der Waals surface area contributed by atoms with E-state index in [2.05, 4.69) is 93.5 Å². The van der Waals surface area contributed by atoms with Crippen LogP contribution in [-0.2, 0) is 27.9 Å². The van der Waals surface area contributed by atoms with Gasteiger partial charge in [0.1, 0.15) is 12.1 Å². The molecule has 0 saturated heterocycles. The molecule has 0 aromatic carbocycles. The van der Waals surface area contributed by atoms with Gasteiger partial charge >= 0.3 is 13.8 Å². The average molecular weight is 810 g/mol. The summed E-state index contributed by atoms with van der Waals surface area (Å²) < 4.78 is 34.2. The number of aliphatic carboxylic acids is 1. The molecule has 0 aromatic rings. The summed E-state index contributed by atoms with van der Waals surface area (Å²) in [7, 11) is -4.56. The number of phosphoric ester groups is 1. The molecule has 56 heavy (non-hydrogen) atoms. The number of carbonyl (C=O) groups is 1. The predicted octanol–water partition coefficient (Wildman–Crippen LogP) is 12.5. The molecule has 0 amide bonds. The van der Waals surface area contributed by atoms with E-state index in [4.69, 9.17) is 29.4 Å². The molecule has 0 aliphatic carbocycles. The van der Waals surface area contributed by atoms with Crippen molar-refractivity contribution in [2.24, 2.45) is 23.5 Å². The Balaban J connectivity index is 4.92. The highest BCUT2D eigenvalue weighted by molar-refractivity contribution is 7.47. The lowest BCUT2D eigenvalue weighted by Gasteiger charge is -2.20. The summed E-state index contributed by atoms with van der Waals surface area (Å²) in [6, 6.07) is -1.45. The molecule has 4 atom stereocenters. The Morgan fingerprint density at radius 1 is 0.607 bits per heavy atom. The van der Waals surface area contributed by atoms with Crippen LogP contribution in [0.4, 0.5) is 0 Å². The summed E-state index contributed by atoms with van der Waals surface area (Å²) in [6.07, 6.45) is 27.8. The highest BCUT2D eigenvalue weighted by Crippen LogP contribution is 2.43. The molecule has 10 heteroatoms. The first-order chi connectivity index (χ1) is 26.4. The first-order valence-electron chi connectivity index (χ1n) is 21.5. The van der Waals surface area contributed by atoms with Gasteiger partial charge in [0.25, 0.3) is 0 Å². The van der Waals surface area contributed by atoms with Crippen LogP contribution >= 0.6 is 7.82 Å². The minimum Gasteiger partial charge on any atom is -0.480 e. The van der Waals surface area contributed by atoms with Crippen LogP contribution in [0.2, 0.25) is 0 Å². The zero-order chi connectivity index (χ0) is 42.4. The maximum atomic E-state index is 12.4. The van der Waals surface area contributed by atoms with E-state index in [-0.39, 0.29) is 19.8 Å². The van der Waals surface area contributed by atoms with Crippen molar-refractivity contribution in [3.63, 3.8) is 0 Å². The van der Waals surface area contributed by atoms with Crippen molar-refractivity contribution in [2.45, 2.75) is 178 Å². The van der Waals surface area contributed by atoms with Gasteiger partial charge in [0.15, 0.2) is 0 Å². The van der Waals surface area contributed by atoms with Crippen molar-refractivity contribution >= 4 is 13.8 Å². The summed E-state index contributed by atoms with van der Waals surface area (Å²) in [4.78, 5) is 21.1. The third-order valence-corrected chi connectivity index (χ3v) is 10.9. The number of allylic oxidation sites excluding steroid dienone is 8. The van der Waals surface area contributed by atoms with Crippen molar-refractivity contribution in [2.75, 3.05) is 33.0 Å². The Bertz CT molecular complexity index is 1250. The molecule has 4 N–H and O–H groups in total. The number of phosphoric acid groups is 1. The quantitative estimate of drug-likeness (QED) is 0.0324. The fourth-order valence-electron chi connectivity index (χ4n) is 6.02. The maximum Gasteiger partial charge on any atom is 0.472 e. The van der Waals surface area contributed by atoms with E-state index < -0.39 is 32.5 Å². The van der Waals surface area contributed by atoms with Gasteiger partial charge in [0, 0.05) is 0 Å². The van der Waals surface area contributed by atoms with Crippen LogP contribution < -0.4 is 5.73 Å². The molecule has 3 unspecified atom stereocenters. The third kappa shape index (κ3) is 34.2. The van der Waals surface area contributed by atoms with Crippen LogP contribution in [0.15, 0.2) is 58.2 Å². The van der Waals surface area contributed by atoms with E-state index in [1.54, 1.807) is 0 Å². The van der Waals surface area contributed by atoms with Gasteiger partial charge in [0.05, 0.1) is 33.0 Å². The largest absolute Gasteiger partial charge is 0.480 e. The molecule has 0 fully saturated rings. The number of nitrogens with two attached hydrogens (primary N) is 1. The third-order valence-electron chi connectivity index (χ3n) is 9.97. The van der Waals surface area contributed by atoms with Gasteiger partial charge in [-0.05, 0) is 117 Å². The number of rotatable bonds is 35. The van der Waals surface area contributed by atoms with E-state index in [9.17, 15) is 14.3 Å². The van der Waals surface area contributed by atoms with Crippen LogP contribution in [0.5, 0.6) is 0 Å². The van der Waals surface area contributed by atoms with Gasteiger partial charge < -0.3 is 25.2 Å². The fraction of sp³-hybridized carbons (Fsp3) is 0.761. The predicted molar refractivity (Wildman–Crippen MR) is 235 cm³/mol. The lowest BCUT2D eigenvalue weighted by molar-refractivity contribution is -0.139. The molecule has 0 aliphatic heterocycles. The van der Waals surface area contributed by atoms with Gasteiger partial charge in [0.2, 0.25) is 0 Å². The summed E-state index contributed by atoms with van der Waals surface area (Å²) in [5, 5.41) is 8.95. The number of hydrogen-bond donors (Lipinski definition) is 3. The number of carboxylic acids is 1. The summed E-state index contributed by atoms with van der Waals surface area (Å²) >= 11 is 0. The van der Waals surface area contributed by atoms with E-state index in [0.29, 0.717) is 6.61 Å². The Hall–Kier alpha value is -1.84. The molecule has 0 rings (SSSR count). The van der Waals surface area contributed by atoms with E-state index >= 15 is 0 Å². The second-order valence-electron chi connectivity index (χ2n) is 17.0. The van der Waals surface area contributed by atoms with Crippen molar-refractivity contribution in [3.8, 4) is 0 Å². The van der Waals surface area contributed by atoms with Crippen molar-refractivity contribution in [1.82, 2.24) is 0 Å². The zero-order valence-electron chi connectivity index (χ0n) is 37.3. The SMILES string of the molecule is C/C(=C\CC/C(C)=C/CO[C@H](COC/C=C(\C)CC/C=C(\C)CCCC(C)CCCC(C)C)COP(=O)(O)OCC(N)C(=O)O)CC/C=C(\C)CCCC(C)C. The highest BCUT2D eigenvalue weighted by atomic mass is 31.2. The van der Waals surface area contributed by atoms with Gasteiger partial charge in [-0.15, -0.1) is 0 Å². The molecular formula is C46H84NO8P. The number of hydrogen-bond acceptors (Lipinski definition) is 7. The van der Waals surface area contributed by atoms with E-state index in [1.807, 2.05) is 6.08 Å². The van der Waals surface area contributed by atoms with Crippen molar-refractivity contribution < 1.29 is 37.9 Å². The summed E-state index contributed by atoms with van der Waals surface area (Å²) in [6.45, 7) is 22.2. The van der Waals surface area contributed by atoms with Crippen LogP contribution in [0.1, 0.15) is 166 Å². The van der Waals surface area contributed by atoms with Gasteiger partial charge in [-0.1, -0.05) is 125 Å². The number of carboxylic acid groups (broad SMARTS) is 1. The smallest absolute Gasteiger partial charge is 0.472 e. The normalized spacial score (nSPS) is 16.4. The van der Waals surface area contributed by atoms with Crippen LogP contribution in [-0.4, -0.2) is 61.1 Å². The van der Waals surface area contributed by atoms with Gasteiger partial charge in [-0.2, -0.15) is 0 Å². The lowest BCUT2D eigenvalue weighted by atomic mass is 9.94. The summed E-state index contributed by atoms with van der Waals surface area (Å²) in [5.41, 5.74) is 12.2. The Kier molecular flexibility index (Phi) is 32.0. The Morgan fingerprint density at radius 3 is 1.55 bits per heavy atom. The van der Waals surface area contributed by atoms with Crippen molar-refractivity contribution in [3.05, 3.63) is 58.2 Å². The van der Waals surface area contributed by atoms with Gasteiger partial charge in [-0.3, -0.25) is 13.8 Å². The van der Waals surface area contributed by atoms with Gasteiger partial charge in [-0.25, -0.2) is 4.57 Å². The van der Waals surface area contributed by atoms with E-state index in [1.165, 1.54) is 79.2 Å². The standard InChI is InChI=1S/C46H84NO8P/c1-36(2)17-11-19-38(5)21-13-23-40(7)25-15-27-42(9)29-31-52-33-44(34-54-56(50,51)55-35-45(47)46(48)49)53-32-30-43(10)28-16-26-41(8)24-14-22-39(6)20-12-18-37(3)4/h22,25-26,29-30,36-38,44-45H,11-21,23-24,27-28,31-35,47H2,1-10H3,(H,48,49)(H,50,51)/b39-22+,40-25+,41-26+,42-29+,43-30+/t38?,44-,45?/m1/s1. The molecule has 0 aromatic heterocycles. The molecule has 0 spiro atoms. The lowest BCUT2D eigenvalue weighted by Crippen LogP contribution is -2.34. The molecule has 326 valence electrons. The fourth-order valence-corrected chi connectivity index (χ4v) is 6.80. The number of ether oxygens (including phenoxy) is 2. The molecule has 0 aliphatic rings. The zero-order valence-corrected chi connectivity index (χ0v) is 38.2. The van der Waals surface area contributed by atoms with Crippen LogP contribution in [0, 0.1) is 17.8 Å². The molecule has 0 heterocycles. The summed E-state index contributed by atoms with van der Waals surface area (Å²) in [5.74, 6) is 1.01. The first kappa shape index (κ1) is 54.2. The van der Waals surface area contributed by atoms with Crippen molar-refractivity contribution in [1.29, 1.82) is 0 Å². The van der Waals surface area contributed by atoms with Crippen LogP contribution in [0.3, 0.4) is 0 Å². The first-order valence-corrected chi connectivity index (χ1v) is 23.0.